The fraction of sp³-hybridized carbons (Fsp3) is 0.800. The molecule has 0 fully saturated rings. The summed E-state index contributed by atoms with van der Waals surface area (Å²) in [4.78, 5) is 11.0. The topological polar surface area (TPSA) is 110 Å². The van der Waals surface area contributed by atoms with E-state index in [1.807, 2.05) is 20.8 Å². The van der Waals surface area contributed by atoms with Crippen molar-refractivity contribution in [1.29, 1.82) is 0 Å². The fourth-order valence-electron chi connectivity index (χ4n) is 1.30. The summed E-state index contributed by atoms with van der Waals surface area (Å²) < 4.78 is 0. The molecule has 0 saturated carbocycles. The Morgan fingerprint density at radius 3 is 2.21 bits per heavy atom. The number of rotatable bonds is 7. The number of nitrogens with zero attached hydrogens (tertiary/aromatic N) is 6. The zero-order valence-corrected chi connectivity index (χ0v) is 11.6. The van der Waals surface area contributed by atoms with Gasteiger partial charge in [0.2, 0.25) is 0 Å². The highest BCUT2D eigenvalue weighted by Gasteiger charge is 2.27. The second-order valence-corrected chi connectivity index (χ2v) is 4.32. The molecule has 0 unspecified atom stereocenters. The molecule has 9 heteroatoms. The van der Waals surface area contributed by atoms with E-state index in [0.29, 0.717) is 6.42 Å². The summed E-state index contributed by atoms with van der Waals surface area (Å²) in [6, 6.07) is -0.136. The molecule has 0 spiro atoms. The van der Waals surface area contributed by atoms with E-state index in [1.54, 1.807) is 6.92 Å². The van der Waals surface area contributed by atoms with Crippen molar-refractivity contribution in [2.75, 3.05) is 10.3 Å². The van der Waals surface area contributed by atoms with Crippen molar-refractivity contribution in [3.05, 3.63) is 10.1 Å². The Labute approximate surface area is 111 Å². The molecule has 106 valence electrons. The van der Waals surface area contributed by atoms with Crippen LogP contribution in [0.25, 0.3) is 0 Å². The lowest BCUT2D eigenvalue weighted by Crippen LogP contribution is -2.39. The molecular weight excluding hydrogens is 250 g/mol. The summed E-state index contributed by atoms with van der Waals surface area (Å²) in [7, 11) is 0. The quantitative estimate of drug-likeness (QED) is 0.582. The van der Waals surface area contributed by atoms with E-state index < -0.39 is 5.03 Å². The molecule has 1 N–H and O–H groups in total. The largest absolute Gasteiger partial charge is 0.349 e. The van der Waals surface area contributed by atoms with Crippen LogP contribution in [-0.4, -0.2) is 37.5 Å². The first-order valence-electron chi connectivity index (χ1n) is 6.27. The van der Waals surface area contributed by atoms with Gasteiger partial charge < -0.3 is 5.32 Å². The van der Waals surface area contributed by atoms with Crippen LogP contribution in [0.4, 0.5) is 11.9 Å². The molecule has 1 heterocycles. The summed E-state index contributed by atoms with van der Waals surface area (Å²) in [5, 5.41) is 29.4. The molecule has 0 aliphatic heterocycles. The van der Waals surface area contributed by atoms with Crippen molar-refractivity contribution >= 4 is 11.9 Å². The Kier molecular flexibility index (Phi) is 5.34. The maximum absolute atomic E-state index is 11.0. The lowest BCUT2D eigenvalue weighted by Gasteiger charge is -2.17. The van der Waals surface area contributed by atoms with Crippen LogP contribution in [-0.2, 0) is 0 Å². The number of nitro groups is 1. The average Bonchev–Trinajstić information content (AvgIpc) is 2.40. The van der Waals surface area contributed by atoms with Gasteiger partial charge in [-0.2, -0.15) is 0 Å². The van der Waals surface area contributed by atoms with E-state index in [4.69, 9.17) is 0 Å². The smallest absolute Gasteiger partial charge is 0.326 e. The Morgan fingerprint density at radius 1 is 1.21 bits per heavy atom. The molecule has 0 aromatic carbocycles. The third-order valence-electron chi connectivity index (χ3n) is 2.85. The molecule has 0 bridgehead atoms. The third kappa shape index (κ3) is 3.97. The number of nitrogens with one attached hydrogen (secondary N) is 1. The van der Waals surface area contributed by atoms with E-state index in [9.17, 15) is 10.1 Å². The van der Waals surface area contributed by atoms with Crippen molar-refractivity contribution in [2.24, 2.45) is 0 Å². The van der Waals surface area contributed by atoms with Gasteiger partial charge in [-0.05, 0) is 26.7 Å². The zero-order valence-electron chi connectivity index (χ0n) is 11.6. The first-order chi connectivity index (χ1) is 8.99. The Hall–Kier alpha value is -2.06. The summed E-state index contributed by atoms with van der Waals surface area (Å²) in [6.07, 6.45) is 1.50. The highest BCUT2D eigenvalue weighted by molar-refractivity contribution is 5.27. The molecule has 9 nitrogen and oxygen atoms in total. The monoisotopic (exact) mass is 269 g/mol. The van der Waals surface area contributed by atoms with E-state index in [1.165, 1.54) is 0 Å². The minimum absolute atomic E-state index is 0.103. The van der Waals surface area contributed by atoms with Crippen LogP contribution in [0.1, 0.15) is 40.5 Å². The standard InChI is InChI=1S/C10H19N7O2/c1-5-7(3)11-9-12-14-10(15-13-9)16(17(18)19)8(4)6-2/h7-8H,5-6H2,1-4H3,(H,11,12,13)/t7-,8-/m0/s1. The number of anilines is 2. The van der Waals surface area contributed by atoms with Gasteiger partial charge in [-0.1, -0.05) is 18.9 Å². The lowest BCUT2D eigenvalue weighted by molar-refractivity contribution is -0.501. The summed E-state index contributed by atoms with van der Waals surface area (Å²) in [6.45, 7) is 7.56. The lowest BCUT2D eigenvalue weighted by atomic mass is 10.2. The highest BCUT2D eigenvalue weighted by atomic mass is 16.7. The molecule has 0 amide bonds. The van der Waals surface area contributed by atoms with Gasteiger partial charge in [-0.15, -0.1) is 20.4 Å². The van der Waals surface area contributed by atoms with Crippen molar-refractivity contribution in [2.45, 2.75) is 52.6 Å². The minimum Gasteiger partial charge on any atom is -0.349 e. The van der Waals surface area contributed by atoms with E-state index in [0.717, 1.165) is 11.4 Å². The number of hydrogen-bond acceptors (Lipinski definition) is 7. The first-order valence-corrected chi connectivity index (χ1v) is 6.27. The summed E-state index contributed by atoms with van der Waals surface area (Å²) in [5.41, 5.74) is 0. The number of hydrazine groups is 1. The second kappa shape index (κ2) is 6.76. The number of hydrogen-bond donors (Lipinski definition) is 1. The van der Waals surface area contributed by atoms with Gasteiger partial charge in [0, 0.05) is 6.04 Å². The molecule has 1 aromatic rings. The Morgan fingerprint density at radius 2 is 1.79 bits per heavy atom. The second-order valence-electron chi connectivity index (χ2n) is 4.32. The van der Waals surface area contributed by atoms with Crippen LogP contribution in [0.2, 0.25) is 0 Å². The van der Waals surface area contributed by atoms with Gasteiger partial charge in [0.05, 0.1) is 6.04 Å². The van der Waals surface area contributed by atoms with E-state index in [-0.39, 0.29) is 24.0 Å². The first kappa shape index (κ1) is 15.0. The fourth-order valence-corrected chi connectivity index (χ4v) is 1.30. The SMILES string of the molecule is CC[C@H](C)Nc1nnc(N([C@@H](C)CC)[N+](=O)[O-])nn1. The van der Waals surface area contributed by atoms with Crippen LogP contribution in [0.15, 0.2) is 0 Å². The van der Waals surface area contributed by atoms with Crippen LogP contribution >= 0.6 is 0 Å². The van der Waals surface area contributed by atoms with Gasteiger partial charge in [-0.3, -0.25) is 0 Å². The predicted molar refractivity (Wildman–Crippen MR) is 70.2 cm³/mol. The van der Waals surface area contributed by atoms with Crippen LogP contribution < -0.4 is 10.3 Å². The van der Waals surface area contributed by atoms with Crippen molar-refractivity contribution in [3.8, 4) is 0 Å². The molecule has 0 saturated heterocycles. The van der Waals surface area contributed by atoms with Gasteiger partial charge in [-0.25, -0.2) is 10.1 Å². The molecule has 2 atom stereocenters. The van der Waals surface area contributed by atoms with Crippen molar-refractivity contribution in [3.63, 3.8) is 0 Å². The van der Waals surface area contributed by atoms with Crippen molar-refractivity contribution < 1.29 is 5.03 Å². The van der Waals surface area contributed by atoms with Crippen LogP contribution in [0, 0.1) is 10.1 Å². The van der Waals surface area contributed by atoms with Gasteiger partial charge in [0.15, 0.2) is 5.03 Å². The van der Waals surface area contributed by atoms with Crippen LogP contribution in [0.5, 0.6) is 0 Å². The molecule has 19 heavy (non-hydrogen) atoms. The molecule has 0 aliphatic carbocycles. The normalized spacial score (nSPS) is 13.7. The van der Waals surface area contributed by atoms with E-state index in [2.05, 4.69) is 25.7 Å². The summed E-state index contributed by atoms with van der Waals surface area (Å²) in [5.74, 6) is 0.166. The Balaban J connectivity index is 2.86. The molecule has 1 rings (SSSR count). The predicted octanol–water partition coefficient (Wildman–Crippen LogP) is 1.27. The van der Waals surface area contributed by atoms with Gasteiger partial charge in [0.25, 0.3) is 5.95 Å². The molecule has 1 aromatic heterocycles. The average molecular weight is 269 g/mol. The maximum atomic E-state index is 11.0. The van der Waals surface area contributed by atoms with Crippen molar-refractivity contribution in [1.82, 2.24) is 20.4 Å². The number of aromatic nitrogens is 4. The van der Waals surface area contributed by atoms with Crippen LogP contribution in [0.3, 0.4) is 0 Å². The maximum Gasteiger partial charge on any atom is 0.326 e. The molecule has 0 aliphatic rings. The Bertz CT molecular complexity index is 411. The third-order valence-corrected chi connectivity index (χ3v) is 2.85. The molecule has 0 radical (unpaired) electrons. The summed E-state index contributed by atoms with van der Waals surface area (Å²) >= 11 is 0. The highest BCUT2D eigenvalue weighted by Crippen LogP contribution is 2.12. The van der Waals surface area contributed by atoms with E-state index >= 15 is 0 Å². The molecular formula is C10H19N7O2. The van der Waals surface area contributed by atoms with Gasteiger partial charge in [0.1, 0.15) is 0 Å². The zero-order chi connectivity index (χ0) is 14.4. The van der Waals surface area contributed by atoms with Gasteiger partial charge >= 0.3 is 5.95 Å². The minimum atomic E-state index is -0.547.